The highest BCUT2D eigenvalue weighted by atomic mass is 79.9. The van der Waals surface area contributed by atoms with Crippen LogP contribution in [0.3, 0.4) is 0 Å². The van der Waals surface area contributed by atoms with Crippen molar-refractivity contribution in [3.63, 3.8) is 0 Å². The van der Waals surface area contributed by atoms with Gasteiger partial charge in [0.2, 0.25) is 5.76 Å². The van der Waals surface area contributed by atoms with Gasteiger partial charge in [0.1, 0.15) is 0 Å². The van der Waals surface area contributed by atoms with Crippen LogP contribution in [0.5, 0.6) is 0 Å². The first-order valence-corrected chi connectivity index (χ1v) is 6.03. The number of amides is 1. The predicted octanol–water partition coefficient (Wildman–Crippen LogP) is 1.76. The van der Waals surface area contributed by atoms with Crippen molar-refractivity contribution < 1.29 is 9.21 Å². The SMILES string of the molecule is Cc1nc(C)c(C(=O)N2CC(CBr)C2)o1. The van der Waals surface area contributed by atoms with Crippen molar-refractivity contribution in [2.24, 2.45) is 5.92 Å². The van der Waals surface area contributed by atoms with E-state index in [4.69, 9.17) is 4.42 Å². The molecule has 0 aliphatic carbocycles. The highest BCUT2D eigenvalue weighted by Crippen LogP contribution is 2.21. The van der Waals surface area contributed by atoms with Crippen LogP contribution in [0, 0.1) is 19.8 Å². The van der Waals surface area contributed by atoms with Crippen molar-refractivity contribution in [3.05, 3.63) is 17.3 Å². The lowest BCUT2D eigenvalue weighted by Crippen LogP contribution is -2.50. The van der Waals surface area contributed by atoms with Gasteiger partial charge in [0.15, 0.2) is 5.89 Å². The molecule has 0 atom stereocenters. The number of carbonyl (C=O) groups is 1. The second kappa shape index (κ2) is 3.96. The Morgan fingerprint density at radius 1 is 1.60 bits per heavy atom. The third kappa shape index (κ3) is 1.93. The Morgan fingerprint density at radius 3 is 2.73 bits per heavy atom. The molecule has 82 valence electrons. The molecule has 0 N–H and O–H groups in total. The molecule has 0 saturated carbocycles. The Balaban J connectivity index is 2.06. The van der Waals surface area contributed by atoms with Crippen LogP contribution < -0.4 is 0 Å². The molecule has 1 aromatic heterocycles. The van der Waals surface area contributed by atoms with Gasteiger partial charge in [-0.15, -0.1) is 0 Å². The number of rotatable bonds is 2. The van der Waals surface area contributed by atoms with Gasteiger partial charge in [-0.25, -0.2) is 4.98 Å². The van der Waals surface area contributed by atoms with Crippen LogP contribution in [0.2, 0.25) is 0 Å². The van der Waals surface area contributed by atoms with Crippen LogP contribution in [0.15, 0.2) is 4.42 Å². The fraction of sp³-hybridized carbons (Fsp3) is 0.600. The van der Waals surface area contributed by atoms with Crippen molar-refractivity contribution in [1.29, 1.82) is 0 Å². The summed E-state index contributed by atoms with van der Waals surface area (Å²) in [5.41, 5.74) is 0.680. The summed E-state index contributed by atoms with van der Waals surface area (Å²) >= 11 is 3.40. The number of nitrogens with zero attached hydrogens (tertiary/aromatic N) is 2. The summed E-state index contributed by atoms with van der Waals surface area (Å²) in [7, 11) is 0. The predicted molar refractivity (Wildman–Crippen MR) is 59.2 cm³/mol. The number of likely N-dealkylation sites (tertiary alicyclic amines) is 1. The lowest BCUT2D eigenvalue weighted by molar-refractivity contribution is 0.0504. The van der Waals surface area contributed by atoms with E-state index >= 15 is 0 Å². The Hall–Kier alpha value is -0.840. The van der Waals surface area contributed by atoms with Crippen molar-refractivity contribution in [3.8, 4) is 0 Å². The van der Waals surface area contributed by atoms with E-state index in [0.29, 0.717) is 23.3 Å². The quantitative estimate of drug-likeness (QED) is 0.771. The lowest BCUT2D eigenvalue weighted by Gasteiger charge is -2.37. The number of alkyl halides is 1. The van der Waals surface area contributed by atoms with E-state index < -0.39 is 0 Å². The fourth-order valence-electron chi connectivity index (χ4n) is 1.71. The van der Waals surface area contributed by atoms with Gasteiger partial charge in [-0.05, 0) is 6.92 Å². The number of aryl methyl sites for hydroxylation is 2. The zero-order chi connectivity index (χ0) is 11.0. The van der Waals surface area contributed by atoms with Crippen LogP contribution >= 0.6 is 15.9 Å². The monoisotopic (exact) mass is 272 g/mol. The summed E-state index contributed by atoms with van der Waals surface area (Å²) in [6.07, 6.45) is 0. The second-order valence-electron chi connectivity index (χ2n) is 3.88. The number of carbonyl (C=O) groups excluding carboxylic acids is 1. The summed E-state index contributed by atoms with van der Waals surface area (Å²) in [6, 6.07) is 0. The molecule has 2 rings (SSSR count). The molecule has 0 radical (unpaired) electrons. The first kappa shape index (κ1) is 10.7. The highest BCUT2D eigenvalue weighted by Gasteiger charge is 2.32. The molecular formula is C10H13BrN2O2. The Morgan fingerprint density at radius 2 is 2.27 bits per heavy atom. The van der Waals surface area contributed by atoms with Crippen LogP contribution in [-0.2, 0) is 0 Å². The van der Waals surface area contributed by atoms with Crippen LogP contribution in [0.25, 0.3) is 0 Å². The number of aromatic nitrogens is 1. The van der Waals surface area contributed by atoms with Crippen molar-refractivity contribution in [1.82, 2.24) is 9.88 Å². The van der Waals surface area contributed by atoms with Gasteiger partial charge >= 0.3 is 0 Å². The zero-order valence-corrected chi connectivity index (χ0v) is 10.4. The molecule has 2 heterocycles. The Labute approximate surface area is 96.8 Å². The standard InChI is InChI=1S/C10H13BrN2O2/c1-6-9(15-7(2)12-6)10(14)13-4-8(3-11)5-13/h8H,3-5H2,1-2H3. The molecule has 0 spiro atoms. The zero-order valence-electron chi connectivity index (χ0n) is 8.79. The average molecular weight is 273 g/mol. The highest BCUT2D eigenvalue weighted by molar-refractivity contribution is 9.09. The van der Waals surface area contributed by atoms with Crippen molar-refractivity contribution in [2.75, 3.05) is 18.4 Å². The van der Waals surface area contributed by atoms with E-state index in [1.165, 1.54) is 0 Å². The molecule has 0 bridgehead atoms. The molecule has 4 nitrogen and oxygen atoms in total. The lowest BCUT2D eigenvalue weighted by atomic mass is 10.0. The Bertz CT molecular complexity index is 383. The molecule has 0 aromatic carbocycles. The van der Waals surface area contributed by atoms with E-state index in [9.17, 15) is 4.79 Å². The summed E-state index contributed by atoms with van der Waals surface area (Å²) in [5.74, 6) is 1.48. The summed E-state index contributed by atoms with van der Waals surface area (Å²) in [6.45, 7) is 5.17. The third-order valence-corrected chi connectivity index (χ3v) is 3.48. The number of halogens is 1. The van der Waals surface area contributed by atoms with Crippen LogP contribution in [0.4, 0.5) is 0 Å². The van der Waals surface area contributed by atoms with Gasteiger partial charge in [0, 0.05) is 31.3 Å². The summed E-state index contributed by atoms with van der Waals surface area (Å²) in [4.78, 5) is 17.8. The molecule has 1 aliphatic rings. The second-order valence-corrected chi connectivity index (χ2v) is 4.53. The van der Waals surface area contributed by atoms with Gasteiger partial charge in [0.25, 0.3) is 5.91 Å². The minimum atomic E-state index is -0.0368. The van der Waals surface area contributed by atoms with E-state index in [1.807, 2.05) is 0 Å². The minimum Gasteiger partial charge on any atom is -0.436 e. The number of oxazole rings is 1. The van der Waals surface area contributed by atoms with Gasteiger partial charge in [-0.2, -0.15) is 0 Å². The van der Waals surface area contributed by atoms with E-state index in [0.717, 1.165) is 18.4 Å². The van der Waals surface area contributed by atoms with Gasteiger partial charge < -0.3 is 9.32 Å². The molecule has 1 amide bonds. The normalized spacial score (nSPS) is 16.6. The molecule has 15 heavy (non-hydrogen) atoms. The maximum absolute atomic E-state index is 11.9. The maximum atomic E-state index is 11.9. The molecule has 1 aliphatic heterocycles. The molecule has 1 aromatic rings. The molecule has 1 fully saturated rings. The van der Waals surface area contributed by atoms with Crippen LogP contribution in [-0.4, -0.2) is 34.2 Å². The molecule has 1 saturated heterocycles. The summed E-state index contributed by atoms with van der Waals surface area (Å²) < 4.78 is 5.29. The first-order valence-electron chi connectivity index (χ1n) is 4.91. The topological polar surface area (TPSA) is 46.3 Å². The third-order valence-electron chi connectivity index (χ3n) is 2.56. The largest absolute Gasteiger partial charge is 0.436 e. The molecule has 5 heteroatoms. The number of hydrogen-bond acceptors (Lipinski definition) is 3. The first-order chi connectivity index (χ1) is 7.11. The number of hydrogen-bond donors (Lipinski definition) is 0. The van der Waals surface area contributed by atoms with Crippen molar-refractivity contribution >= 4 is 21.8 Å². The molecular weight excluding hydrogens is 260 g/mol. The van der Waals surface area contributed by atoms with Gasteiger partial charge in [0.05, 0.1) is 5.69 Å². The molecule has 0 unspecified atom stereocenters. The van der Waals surface area contributed by atoms with E-state index in [-0.39, 0.29) is 5.91 Å². The van der Waals surface area contributed by atoms with Gasteiger partial charge in [-0.1, -0.05) is 15.9 Å². The Kier molecular flexibility index (Phi) is 2.82. The fourth-order valence-corrected chi connectivity index (χ4v) is 2.12. The van der Waals surface area contributed by atoms with E-state index in [1.54, 1.807) is 18.7 Å². The minimum absolute atomic E-state index is 0.0368. The van der Waals surface area contributed by atoms with E-state index in [2.05, 4.69) is 20.9 Å². The van der Waals surface area contributed by atoms with Crippen LogP contribution in [0.1, 0.15) is 22.1 Å². The average Bonchev–Trinajstić information content (AvgIpc) is 2.43. The summed E-state index contributed by atoms with van der Waals surface area (Å²) in [5, 5.41) is 0.950. The van der Waals surface area contributed by atoms with Gasteiger partial charge in [-0.3, -0.25) is 4.79 Å². The maximum Gasteiger partial charge on any atom is 0.291 e. The van der Waals surface area contributed by atoms with Crippen molar-refractivity contribution in [2.45, 2.75) is 13.8 Å². The smallest absolute Gasteiger partial charge is 0.291 e.